The lowest BCUT2D eigenvalue weighted by Crippen LogP contribution is -1.97. The number of anilines is 1. The van der Waals surface area contributed by atoms with Gasteiger partial charge in [-0.2, -0.15) is 0 Å². The molecule has 4 nitrogen and oxygen atoms in total. The number of halogens is 1. The molecule has 0 spiro atoms. The largest absolute Gasteiger partial charge is 0.454 e. The maximum Gasteiger partial charge on any atom is 0.231 e. The second kappa shape index (κ2) is 5.89. The molecule has 1 aliphatic rings. The third-order valence-electron chi connectivity index (χ3n) is 3.32. The van der Waals surface area contributed by atoms with Crippen molar-refractivity contribution in [2.75, 3.05) is 12.1 Å². The van der Waals surface area contributed by atoms with E-state index in [1.807, 2.05) is 0 Å². The number of fused-ring (bicyclic) bond motifs is 1. The predicted octanol–water partition coefficient (Wildman–Crippen LogP) is 3.67. The molecule has 3 rings (SSSR count). The second-order valence-electron chi connectivity index (χ2n) is 4.87. The molecule has 0 amide bonds. The molecule has 0 fully saturated rings. The number of aryl methyl sites for hydroxylation is 1. The van der Waals surface area contributed by atoms with Gasteiger partial charge in [0.1, 0.15) is 5.82 Å². The lowest BCUT2D eigenvalue weighted by atomic mass is 10.1. The van der Waals surface area contributed by atoms with Crippen molar-refractivity contribution in [1.29, 1.82) is 0 Å². The number of carbonyl (C=O) groups is 1. The zero-order chi connectivity index (χ0) is 15.5. The Hall–Kier alpha value is -2.82. The number of hydrogen-bond acceptors (Lipinski definition) is 4. The van der Waals surface area contributed by atoms with Crippen molar-refractivity contribution in [2.45, 2.75) is 6.92 Å². The Kier molecular flexibility index (Phi) is 3.78. The number of rotatable bonds is 4. The molecule has 0 saturated carbocycles. The van der Waals surface area contributed by atoms with E-state index in [-0.39, 0.29) is 18.4 Å². The van der Waals surface area contributed by atoms with Gasteiger partial charge in [0, 0.05) is 23.5 Å². The Morgan fingerprint density at radius 1 is 1.18 bits per heavy atom. The quantitative estimate of drug-likeness (QED) is 0.691. The molecule has 1 heterocycles. The molecule has 0 aromatic heterocycles. The van der Waals surface area contributed by atoms with E-state index in [1.54, 1.807) is 31.2 Å². The molecule has 5 heteroatoms. The highest BCUT2D eigenvalue weighted by atomic mass is 19.1. The maximum atomic E-state index is 13.0. The van der Waals surface area contributed by atoms with E-state index in [4.69, 9.17) is 9.47 Å². The lowest BCUT2D eigenvalue weighted by molar-refractivity contribution is 0.104. The molecular weight excluding hydrogens is 285 g/mol. The molecular formula is C17H14FNO3. The van der Waals surface area contributed by atoms with Crippen LogP contribution < -0.4 is 14.8 Å². The lowest BCUT2D eigenvalue weighted by Gasteiger charge is -2.05. The fourth-order valence-electron chi connectivity index (χ4n) is 2.14. The number of allylic oxidation sites excluding steroid dienone is 1. The van der Waals surface area contributed by atoms with Crippen LogP contribution in [0.3, 0.4) is 0 Å². The summed E-state index contributed by atoms with van der Waals surface area (Å²) in [6, 6.07) is 9.46. The summed E-state index contributed by atoms with van der Waals surface area (Å²) in [5.74, 6) is 0.760. The summed E-state index contributed by atoms with van der Waals surface area (Å²) in [7, 11) is 0. The average Bonchev–Trinajstić information content (AvgIpc) is 2.96. The van der Waals surface area contributed by atoms with Crippen molar-refractivity contribution in [2.24, 2.45) is 0 Å². The Morgan fingerprint density at radius 3 is 2.82 bits per heavy atom. The summed E-state index contributed by atoms with van der Waals surface area (Å²) < 4.78 is 23.4. The maximum absolute atomic E-state index is 13.0. The first-order chi connectivity index (χ1) is 10.6. The minimum Gasteiger partial charge on any atom is -0.454 e. The Morgan fingerprint density at radius 2 is 2.00 bits per heavy atom. The highest BCUT2D eigenvalue weighted by Crippen LogP contribution is 2.32. The van der Waals surface area contributed by atoms with Gasteiger partial charge in [-0.25, -0.2) is 4.39 Å². The molecule has 0 unspecified atom stereocenters. The summed E-state index contributed by atoms with van der Waals surface area (Å²) >= 11 is 0. The molecule has 112 valence electrons. The van der Waals surface area contributed by atoms with Gasteiger partial charge in [0.2, 0.25) is 6.79 Å². The van der Waals surface area contributed by atoms with E-state index in [1.165, 1.54) is 24.4 Å². The SMILES string of the molecule is Cc1cc(F)ccc1NC=CC(=O)c1ccc2c(c1)OCO2. The fourth-order valence-corrected chi connectivity index (χ4v) is 2.14. The van der Waals surface area contributed by atoms with Gasteiger partial charge in [0.15, 0.2) is 17.3 Å². The van der Waals surface area contributed by atoms with Crippen LogP contribution in [0.15, 0.2) is 48.7 Å². The van der Waals surface area contributed by atoms with Gasteiger partial charge in [0.05, 0.1) is 0 Å². The standard InChI is InChI=1S/C17H14FNO3/c1-11-8-13(18)3-4-14(11)19-7-6-15(20)12-2-5-16-17(9-12)22-10-21-16/h2-9,19H,10H2,1H3. The Labute approximate surface area is 127 Å². The summed E-state index contributed by atoms with van der Waals surface area (Å²) in [6.45, 7) is 1.97. The topological polar surface area (TPSA) is 47.6 Å². The fraction of sp³-hybridized carbons (Fsp3) is 0.118. The summed E-state index contributed by atoms with van der Waals surface area (Å²) in [5.41, 5.74) is 2.02. The van der Waals surface area contributed by atoms with Crippen LogP contribution in [0.4, 0.5) is 10.1 Å². The van der Waals surface area contributed by atoms with Gasteiger partial charge < -0.3 is 14.8 Å². The summed E-state index contributed by atoms with van der Waals surface area (Å²) in [4.78, 5) is 12.1. The number of nitrogens with one attached hydrogen (secondary N) is 1. The molecule has 1 aliphatic heterocycles. The molecule has 0 aliphatic carbocycles. The van der Waals surface area contributed by atoms with Gasteiger partial charge in [0.25, 0.3) is 0 Å². The monoisotopic (exact) mass is 299 g/mol. The second-order valence-corrected chi connectivity index (χ2v) is 4.87. The smallest absolute Gasteiger partial charge is 0.231 e. The van der Waals surface area contributed by atoms with Crippen molar-refractivity contribution < 1.29 is 18.7 Å². The van der Waals surface area contributed by atoms with Crippen molar-refractivity contribution in [1.82, 2.24) is 0 Å². The van der Waals surface area contributed by atoms with E-state index in [9.17, 15) is 9.18 Å². The highest BCUT2D eigenvalue weighted by Gasteiger charge is 2.14. The Bertz CT molecular complexity index is 756. The zero-order valence-electron chi connectivity index (χ0n) is 11.9. The van der Waals surface area contributed by atoms with Crippen LogP contribution >= 0.6 is 0 Å². The minimum absolute atomic E-state index is 0.162. The third-order valence-corrected chi connectivity index (χ3v) is 3.32. The molecule has 0 saturated heterocycles. The molecule has 1 N–H and O–H groups in total. The number of ketones is 1. The first-order valence-corrected chi connectivity index (χ1v) is 6.77. The molecule has 0 radical (unpaired) electrons. The highest BCUT2D eigenvalue weighted by molar-refractivity contribution is 6.05. The van der Waals surface area contributed by atoms with E-state index >= 15 is 0 Å². The Balaban J connectivity index is 1.68. The van der Waals surface area contributed by atoms with Gasteiger partial charge >= 0.3 is 0 Å². The van der Waals surface area contributed by atoms with Crippen LogP contribution in [0, 0.1) is 12.7 Å². The molecule has 0 bridgehead atoms. The first-order valence-electron chi connectivity index (χ1n) is 6.77. The average molecular weight is 299 g/mol. The number of hydrogen-bond donors (Lipinski definition) is 1. The first kappa shape index (κ1) is 14.1. The molecule has 0 atom stereocenters. The van der Waals surface area contributed by atoms with Crippen LogP contribution in [0.25, 0.3) is 0 Å². The summed E-state index contributed by atoms with van der Waals surface area (Å²) in [6.07, 6.45) is 2.95. The minimum atomic E-state index is -0.288. The van der Waals surface area contributed by atoms with Gasteiger partial charge in [-0.3, -0.25) is 4.79 Å². The molecule has 2 aromatic carbocycles. The van der Waals surface area contributed by atoms with Crippen molar-refractivity contribution >= 4 is 11.5 Å². The van der Waals surface area contributed by atoms with Gasteiger partial charge in [-0.05, 0) is 48.9 Å². The van der Waals surface area contributed by atoms with E-state index in [0.29, 0.717) is 17.1 Å². The van der Waals surface area contributed by atoms with E-state index < -0.39 is 0 Å². The van der Waals surface area contributed by atoms with Crippen LogP contribution in [0.1, 0.15) is 15.9 Å². The van der Waals surface area contributed by atoms with Gasteiger partial charge in [-0.1, -0.05) is 0 Å². The van der Waals surface area contributed by atoms with Crippen LogP contribution in [0.5, 0.6) is 11.5 Å². The van der Waals surface area contributed by atoms with Crippen molar-refractivity contribution in [3.63, 3.8) is 0 Å². The number of ether oxygens (including phenoxy) is 2. The van der Waals surface area contributed by atoms with Crippen molar-refractivity contribution in [3.05, 3.63) is 65.6 Å². The third kappa shape index (κ3) is 2.93. The van der Waals surface area contributed by atoms with E-state index in [2.05, 4.69) is 5.32 Å². The van der Waals surface area contributed by atoms with Crippen molar-refractivity contribution in [3.8, 4) is 11.5 Å². The number of carbonyl (C=O) groups excluding carboxylic acids is 1. The predicted molar refractivity (Wildman–Crippen MR) is 80.8 cm³/mol. The normalized spacial score (nSPS) is 12.6. The zero-order valence-corrected chi connectivity index (χ0v) is 11.9. The molecule has 22 heavy (non-hydrogen) atoms. The van der Waals surface area contributed by atoms with E-state index in [0.717, 1.165) is 11.3 Å². The number of benzene rings is 2. The van der Waals surface area contributed by atoms with Crippen LogP contribution in [0.2, 0.25) is 0 Å². The summed E-state index contributed by atoms with van der Waals surface area (Å²) in [5, 5.41) is 2.97. The molecule has 2 aromatic rings. The van der Waals surface area contributed by atoms with Crippen LogP contribution in [-0.4, -0.2) is 12.6 Å². The van der Waals surface area contributed by atoms with Crippen LogP contribution in [-0.2, 0) is 0 Å². The van der Waals surface area contributed by atoms with Gasteiger partial charge in [-0.15, -0.1) is 0 Å².